The number of methoxy groups -OCH3 is 1. The van der Waals surface area contributed by atoms with Crippen LogP contribution in [-0.2, 0) is 6.54 Å². The fraction of sp³-hybridized carbons (Fsp3) is 0.333. The molecule has 0 unspecified atom stereocenters. The first kappa shape index (κ1) is 20.8. The zero-order valence-electron chi connectivity index (χ0n) is 12.9. The number of halogens is 3. The molecule has 0 aliphatic heterocycles. The summed E-state index contributed by atoms with van der Waals surface area (Å²) < 4.78 is 5.19. The van der Waals surface area contributed by atoms with E-state index in [0.29, 0.717) is 34.5 Å². The van der Waals surface area contributed by atoms with Crippen LogP contribution in [0.3, 0.4) is 0 Å². The van der Waals surface area contributed by atoms with Gasteiger partial charge in [-0.2, -0.15) is 0 Å². The van der Waals surface area contributed by atoms with Crippen molar-refractivity contribution in [3.8, 4) is 5.75 Å². The standard InChI is InChI=1S/C15H16ClN3O2S.2ClH/c1-21-13-5-11(17)10(16)4-9(13)15(20)18-6-14-19-12(7-22-14)8-2-3-8;;/h4-5,7-8H,2-3,6,17H2,1H3,(H,18,20);2*1H. The molecule has 1 heterocycles. The Morgan fingerprint density at radius 1 is 1.46 bits per heavy atom. The highest BCUT2D eigenvalue weighted by Gasteiger charge is 2.26. The summed E-state index contributed by atoms with van der Waals surface area (Å²) in [4.78, 5) is 16.8. The molecule has 1 aliphatic rings. The smallest absolute Gasteiger partial charge is 0.255 e. The lowest BCUT2D eigenvalue weighted by Gasteiger charge is -2.10. The highest BCUT2D eigenvalue weighted by molar-refractivity contribution is 7.09. The Morgan fingerprint density at radius 2 is 2.17 bits per heavy atom. The molecule has 1 aliphatic carbocycles. The average Bonchev–Trinajstić information content (AvgIpc) is 3.26. The van der Waals surface area contributed by atoms with Crippen LogP contribution in [0.4, 0.5) is 5.69 Å². The SMILES string of the molecule is COc1cc(N)c(Cl)cc1C(=O)NCc1nc(C2CC2)cs1.Cl.Cl. The van der Waals surface area contributed by atoms with Crippen LogP contribution >= 0.6 is 47.8 Å². The van der Waals surface area contributed by atoms with Crippen LogP contribution in [0.25, 0.3) is 0 Å². The maximum absolute atomic E-state index is 12.3. The number of rotatable bonds is 5. The zero-order valence-corrected chi connectivity index (χ0v) is 16.1. The Hall–Kier alpha value is -1.21. The maximum atomic E-state index is 12.3. The van der Waals surface area contributed by atoms with Gasteiger partial charge in [0.15, 0.2) is 0 Å². The van der Waals surface area contributed by atoms with Crippen LogP contribution in [-0.4, -0.2) is 18.0 Å². The van der Waals surface area contributed by atoms with Gasteiger partial charge in [-0.15, -0.1) is 36.2 Å². The minimum absolute atomic E-state index is 0. The molecule has 0 spiro atoms. The highest BCUT2D eigenvalue weighted by Crippen LogP contribution is 2.40. The zero-order chi connectivity index (χ0) is 15.7. The second kappa shape index (κ2) is 8.76. The number of thiazole rings is 1. The van der Waals surface area contributed by atoms with Gasteiger partial charge in [0.05, 0.1) is 35.6 Å². The minimum Gasteiger partial charge on any atom is -0.496 e. The predicted molar refractivity (Wildman–Crippen MR) is 102 cm³/mol. The molecular formula is C15H18Cl3N3O2S. The number of ether oxygens (including phenoxy) is 1. The van der Waals surface area contributed by atoms with Gasteiger partial charge in [-0.25, -0.2) is 4.98 Å². The molecule has 24 heavy (non-hydrogen) atoms. The van der Waals surface area contributed by atoms with Crippen molar-refractivity contribution in [1.29, 1.82) is 0 Å². The fourth-order valence-electron chi connectivity index (χ4n) is 2.14. The number of aromatic nitrogens is 1. The highest BCUT2D eigenvalue weighted by atomic mass is 35.5. The molecule has 0 radical (unpaired) electrons. The summed E-state index contributed by atoms with van der Waals surface area (Å²) in [5.74, 6) is 0.760. The van der Waals surface area contributed by atoms with Crippen molar-refractivity contribution in [2.75, 3.05) is 12.8 Å². The van der Waals surface area contributed by atoms with Gasteiger partial charge in [-0.05, 0) is 18.9 Å². The number of hydrogen-bond acceptors (Lipinski definition) is 5. The Bertz CT molecular complexity index is 720. The maximum Gasteiger partial charge on any atom is 0.255 e. The molecule has 0 atom stereocenters. The van der Waals surface area contributed by atoms with E-state index in [1.807, 2.05) is 0 Å². The molecule has 0 bridgehead atoms. The van der Waals surface area contributed by atoms with Gasteiger partial charge < -0.3 is 15.8 Å². The van der Waals surface area contributed by atoms with Crippen LogP contribution in [0.5, 0.6) is 5.75 Å². The number of benzene rings is 1. The number of amides is 1. The Labute approximate surface area is 161 Å². The van der Waals surface area contributed by atoms with Crippen molar-refractivity contribution in [2.45, 2.75) is 25.3 Å². The third kappa shape index (κ3) is 4.66. The first-order valence-electron chi connectivity index (χ1n) is 6.94. The van der Waals surface area contributed by atoms with Crippen LogP contribution < -0.4 is 15.8 Å². The van der Waals surface area contributed by atoms with Crippen LogP contribution in [0.15, 0.2) is 17.5 Å². The van der Waals surface area contributed by atoms with E-state index in [2.05, 4.69) is 15.7 Å². The third-order valence-corrected chi connectivity index (χ3v) is 4.72. The van der Waals surface area contributed by atoms with Gasteiger partial charge >= 0.3 is 0 Å². The minimum atomic E-state index is -0.262. The molecular weight excluding hydrogens is 393 g/mol. The number of nitrogen functional groups attached to an aromatic ring is 1. The third-order valence-electron chi connectivity index (χ3n) is 3.53. The lowest BCUT2D eigenvalue weighted by atomic mass is 10.1. The van der Waals surface area contributed by atoms with Gasteiger partial charge in [0, 0.05) is 17.4 Å². The number of carbonyl (C=O) groups excluding carboxylic acids is 1. The van der Waals surface area contributed by atoms with E-state index in [1.54, 1.807) is 17.4 Å². The van der Waals surface area contributed by atoms with Crippen molar-refractivity contribution in [3.05, 3.63) is 38.8 Å². The number of hydrogen-bond donors (Lipinski definition) is 2. The Morgan fingerprint density at radius 3 is 2.79 bits per heavy atom. The molecule has 9 heteroatoms. The van der Waals surface area contributed by atoms with Gasteiger partial charge in [0.1, 0.15) is 10.8 Å². The number of carbonyl (C=O) groups is 1. The summed E-state index contributed by atoms with van der Waals surface area (Å²) >= 11 is 7.55. The lowest BCUT2D eigenvalue weighted by Crippen LogP contribution is -2.23. The van der Waals surface area contributed by atoms with E-state index < -0.39 is 0 Å². The summed E-state index contributed by atoms with van der Waals surface area (Å²) in [6.45, 7) is 0.390. The fourth-order valence-corrected chi connectivity index (χ4v) is 3.12. The molecule has 1 amide bonds. The van der Waals surface area contributed by atoms with Gasteiger partial charge in [-0.3, -0.25) is 4.79 Å². The first-order valence-corrected chi connectivity index (χ1v) is 8.19. The Kier molecular flexibility index (Phi) is 7.60. The van der Waals surface area contributed by atoms with Crippen molar-refractivity contribution >= 4 is 59.3 Å². The second-order valence-corrected chi connectivity index (χ2v) is 6.55. The molecule has 0 saturated heterocycles. The second-order valence-electron chi connectivity index (χ2n) is 5.20. The van der Waals surface area contributed by atoms with Crippen molar-refractivity contribution in [3.63, 3.8) is 0 Å². The Balaban J connectivity index is 0.00000144. The molecule has 5 nitrogen and oxygen atoms in total. The quantitative estimate of drug-likeness (QED) is 0.729. The van der Waals surface area contributed by atoms with E-state index in [1.165, 1.54) is 26.0 Å². The number of nitrogens with one attached hydrogen (secondary N) is 1. The van der Waals surface area contributed by atoms with E-state index in [0.717, 1.165) is 10.7 Å². The number of nitrogens with two attached hydrogens (primary N) is 1. The molecule has 1 saturated carbocycles. The van der Waals surface area contributed by atoms with E-state index in [9.17, 15) is 4.79 Å². The van der Waals surface area contributed by atoms with E-state index >= 15 is 0 Å². The predicted octanol–water partition coefficient (Wildman–Crippen LogP) is 4.04. The van der Waals surface area contributed by atoms with Crippen LogP contribution in [0, 0.1) is 0 Å². The topological polar surface area (TPSA) is 77.2 Å². The molecule has 1 fully saturated rings. The average molecular weight is 411 g/mol. The van der Waals surface area contributed by atoms with Crippen LogP contribution in [0.1, 0.15) is 39.8 Å². The summed E-state index contributed by atoms with van der Waals surface area (Å²) in [6, 6.07) is 3.06. The molecule has 2 aromatic rings. The molecule has 3 rings (SSSR count). The summed E-state index contributed by atoms with van der Waals surface area (Å²) in [7, 11) is 1.49. The number of nitrogens with zero attached hydrogens (tertiary/aromatic N) is 1. The van der Waals surface area contributed by atoms with E-state index in [4.69, 9.17) is 22.1 Å². The summed E-state index contributed by atoms with van der Waals surface area (Å²) in [6.07, 6.45) is 2.44. The van der Waals surface area contributed by atoms with Crippen LogP contribution in [0.2, 0.25) is 5.02 Å². The van der Waals surface area contributed by atoms with Gasteiger partial charge in [-0.1, -0.05) is 11.6 Å². The van der Waals surface area contributed by atoms with Crippen molar-refractivity contribution in [1.82, 2.24) is 10.3 Å². The van der Waals surface area contributed by atoms with E-state index in [-0.39, 0.29) is 30.7 Å². The van der Waals surface area contributed by atoms with Crippen molar-refractivity contribution in [2.24, 2.45) is 0 Å². The van der Waals surface area contributed by atoms with Crippen molar-refractivity contribution < 1.29 is 9.53 Å². The normalized spacial score (nSPS) is 12.8. The first-order chi connectivity index (χ1) is 10.6. The number of anilines is 1. The molecule has 132 valence electrons. The van der Waals surface area contributed by atoms with Gasteiger partial charge in [0.25, 0.3) is 5.91 Å². The largest absolute Gasteiger partial charge is 0.496 e. The molecule has 3 N–H and O–H groups in total. The molecule has 1 aromatic carbocycles. The monoisotopic (exact) mass is 409 g/mol. The lowest BCUT2D eigenvalue weighted by molar-refractivity contribution is 0.0948. The van der Waals surface area contributed by atoms with Gasteiger partial charge in [0.2, 0.25) is 0 Å². The summed E-state index contributed by atoms with van der Waals surface area (Å²) in [5, 5.41) is 6.14. The summed E-state index contributed by atoms with van der Waals surface area (Å²) in [5.41, 5.74) is 7.60. The molecule has 1 aromatic heterocycles.